The molecule has 1 unspecified atom stereocenters. The summed E-state index contributed by atoms with van der Waals surface area (Å²) >= 11 is 0. The van der Waals surface area contributed by atoms with Gasteiger partial charge in [-0.1, -0.05) is 30.4 Å². The van der Waals surface area contributed by atoms with Crippen LogP contribution < -0.4 is 4.74 Å². The first-order valence-electron chi connectivity index (χ1n) is 6.71. The van der Waals surface area contributed by atoms with Crippen molar-refractivity contribution in [1.29, 1.82) is 0 Å². The van der Waals surface area contributed by atoms with Crippen LogP contribution in [0.15, 0.2) is 59.5 Å². The smallest absolute Gasteiger partial charge is 0.481 e. The van der Waals surface area contributed by atoms with E-state index in [1.165, 1.54) is 19.2 Å². The van der Waals surface area contributed by atoms with Crippen LogP contribution in [0.1, 0.15) is 5.56 Å². The van der Waals surface area contributed by atoms with E-state index in [9.17, 15) is 13.2 Å². The quantitative estimate of drug-likeness (QED) is 0.825. The van der Waals surface area contributed by atoms with Crippen LogP contribution in [0.5, 0.6) is 5.75 Å². The SMILES string of the molecule is COC1=NOC2=CC=C(c3ccc(OC(F)(F)F)cc3)C=CC21. The van der Waals surface area contributed by atoms with E-state index < -0.39 is 6.36 Å². The zero-order chi connectivity index (χ0) is 16.4. The fourth-order valence-electron chi connectivity index (χ4n) is 2.28. The molecule has 1 aromatic rings. The Morgan fingerprint density at radius 2 is 1.87 bits per heavy atom. The van der Waals surface area contributed by atoms with E-state index in [0.717, 1.165) is 11.1 Å². The van der Waals surface area contributed by atoms with Crippen molar-refractivity contribution in [3.63, 3.8) is 0 Å². The van der Waals surface area contributed by atoms with Gasteiger partial charge in [0.15, 0.2) is 5.76 Å². The normalized spacial score (nSPS) is 19.8. The van der Waals surface area contributed by atoms with E-state index in [-0.39, 0.29) is 11.7 Å². The number of ether oxygens (including phenoxy) is 2. The molecule has 1 aliphatic carbocycles. The number of oxime groups is 1. The highest BCUT2D eigenvalue weighted by Crippen LogP contribution is 2.30. The predicted molar refractivity (Wildman–Crippen MR) is 77.3 cm³/mol. The molecule has 0 spiro atoms. The molecule has 1 atom stereocenters. The summed E-state index contributed by atoms with van der Waals surface area (Å²) < 4.78 is 45.5. The summed E-state index contributed by atoms with van der Waals surface area (Å²) in [4.78, 5) is 5.18. The van der Waals surface area contributed by atoms with Crippen LogP contribution in [0.2, 0.25) is 0 Å². The van der Waals surface area contributed by atoms with Crippen molar-refractivity contribution >= 4 is 11.5 Å². The van der Waals surface area contributed by atoms with E-state index in [4.69, 9.17) is 9.57 Å². The molecule has 0 amide bonds. The Morgan fingerprint density at radius 3 is 2.52 bits per heavy atom. The Labute approximate surface area is 130 Å². The number of rotatable bonds is 2. The molecule has 23 heavy (non-hydrogen) atoms. The van der Waals surface area contributed by atoms with Gasteiger partial charge in [-0.15, -0.1) is 13.2 Å². The topological polar surface area (TPSA) is 40.0 Å². The van der Waals surface area contributed by atoms with E-state index in [0.29, 0.717) is 11.7 Å². The lowest BCUT2D eigenvalue weighted by Gasteiger charge is -2.09. The van der Waals surface area contributed by atoms with Crippen LogP contribution in [-0.4, -0.2) is 19.4 Å². The van der Waals surface area contributed by atoms with Gasteiger partial charge in [0.2, 0.25) is 5.90 Å². The summed E-state index contributed by atoms with van der Waals surface area (Å²) in [6.07, 6.45) is 2.57. The van der Waals surface area contributed by atoms with Gasteiger partial charge in [0, 0.05) is 0 Å². The third-order valence-corrected chi connectivity index (χ3v) is 3.34. The number of nitrogens with zero attached hydrogens (tertiary/aromatic N) is 1. The van der Waals surface area contributed by atoms with Crippen LogP contribution in [0, 0.1) is 5.92 Å². The zero-order valence-corrected chi connectivity index (χ0v) is 12.0. The highest BCUT2D eigenvalue weighted by molar-refractivity contribution is 5.86. The second-order valence-electron chi connectivity index (χ2n) is 4.82. The molecule has 1 aliphatic heterocycles. The molecule has 2 aliphatic rings. The summed E-state index contributed by atoms with van der Waals surface area (Å²) in [5.41, 5.74) is 1.58. The largest absolute Gasteiger partial charge is 0.573 e. The minimum absolute atomic E-state index is 0.193. The predicted octanol–water partition coefficient (Wildman–Crippen LogP) is 4.03. The molecular weight excluding hydrogens is 311 g/mol. The summed E-state index contributed by atoms with van der Waals surface area (Å²) in [6.45, 7) is 0. The minimum atomic E-state index is -4.70. The van der Waals surface area contributed by atoms with Crippen LogP contribution in [0.25, 0.3) is 5.57 Å². The van der Waals surface area contributed by atoms with Gasteiger partial charge in [-0.2, -0.15) is 0 Å². The van der Waals surface area contributed by atoms with Crippen LogP contribution in [0.3, 0.4) is 0 Å². The molecule has 7 heteroatoms. The van der Waals surface area contributed by atoms with Gasteiger partial charge in [0.1, 0.15) is 11.7 Å². The molecule has 1 aromatic carbocycles. The first-order valence-corrected chi connectivity index (χ1v) is 6.71. The molecule has 0 bridgehead atoms. The molecule has 0 N–H and O–H groups in total. The number of fused-ring (bicyclic) bond motifs is 1. The molecular formula is C16H12F3NO3. The highest BCUT2D eigenvalue weighted by atomic mass is 19.4. The van der Waals surface area contributed by atoms with Gasteiger partial charge < -0.3 is 14.3 Å². The maximum absolute atomic E-state index is 12.2. The standard InChI is InChI=1S/C16H12F3NO3/c1-21-15-13-8-4-11(5-9-14(13)23-20-15)10-2-6-12(7-3-10)22-16(17,18)19/h2-9,13H,1H3. The van der Waals surface area contributed by atoms with Crippen molar-refractivity contribution in [2.45, 2.75) is 6.36 Å². The van der Waals surface area contributed by atoms with Gasteiger partial charge >= 0.3 is 6.36 Å². The molecule has 1 heterocycles. The van der Waals surface area contributed by atoms with Crippen LogP contribution >= 0.6 is 0 Å². The summed E-state index contributed by atoms with van der Waals surface area (Å²) in [6, 6.07) is 5.66. The second kappa shape index (κ2) is 5.83. The van der Waals surface area contributed by atoms with Gasteiger partial charge in [0.25, 0.3) is 0 Å². The average Bonchev–Trinajstić information content (AvgIpc) is 2.77. The fraction of sp³-hybridized carbons (Fsp3) is 0.188. The van der Waals surface area contributed by atoms with E-state index in [1.54, 1.807) is 24.3 Å². The lowest BCUT2D eigenvalue weighted by atomic mass is 10.0. The monoisotopic (exact) mass is 323 g/mol. The minimum Gasteiger partial charge on any atom is -0.481 e. The molecule has 0 saturated heterocycles. The Hall–Kier alpha value is -2.70. The molecule has 0 aromatic heterocycles. The number of halogens is 3. The van der Waals surface area contributed by atoms with Crippen molar-refractivity contribution in [2.75, 3.05) is 7.11 Å². The number of allylic oxidation sites excluding steroid dienone is 4. The number of alkyl halides is 3. The fourth-order valence-corrected chi connectivity index (χ4v) is 2.28. The Bertz CT molecular complexity index is 715. The second-order valence-corrected chi connectivity index (χ2v) is 4.82. The van der Waals surface area contributed by atoms with Crippen molar-refractivity contribution in [3.8, 4) is 5.75 Å². The van der Waals surface area contributed by atoms with Gasteiger partial charge in [0.05, 0.1) is 7.11 Å². The summed E-state index contributed by atoms with van der Waals surface area (Å²) in [5.74, 6) is 0.634. The highest BCUT2D eigenvalue weighted by Gasteiger charge is 2.31. The average molecular weight is 323 g/mol. The lowest BCUT2D eigenvalue weighted by Crippen LogP contribution is -2.16. The zero-order valence-electron chi connectivity index (χ0n) is 12.0. The van der Waals surface area contributed by atoms with Crippen molar-refractivity contribution in [1.82, 2.24) is 0 Å². The number of benzene rings is 1. The van der Waals surface area contributed by atoms with Crippen molar-refractivity contribution in [3.05, 3.63) is 59.9 Å². The molecule has 3 rings (SSSR count). The van der Waals surface area contributed by atoms with E-state index in [1.807, 2.05) is 12.2 Å². The molecule has 0 saturated carbocycles. The first-order chi connectivity index (χ1) is 11.0. The van der Waals surface area contributed by atoms with Crippen molar-refractivity contribution < 1.29 is 27.5 Å². The van der Waals surface area contributed by atoms with Gasteiger partial charge in [-0.25, -0.2) is 0 Å². The third kappa shape index (κ3) is 3.39. The molecule has 0 fully saturated rings. The van der Waals surface area contributed by atoms with Gasteiger partial charge in [-0.05, 0) is 34.5 Å². The first kappa shape index (κ1) is 15.2. The molecule has 0 radical (unpaired) electrons. The third-order valence-electron chi connectivity index (χ3n) is 3.34. The Balaban J connectivity index is 1.80. The Morgan fingerprint density at radius 1 is 1.13 bits per heavy atom. The number of hydrogen-bond acceptors (Lipinski definition) is 4. The van der Waals surface area contributed by atoms with Crippen LogP contribution in [0.4, 0.5) is 13.2 Å². The Kier molecular flexibility index (Phi) is 3.85. The maximum atomic E-state index is 12.2. The van der Waals surface area contributed by atoms with E-state index >= 15 is 0 Å². The van der Waals surface area contributed by atoms with E-state index in [2.05, 4.69) is 9.89 Å². The number of methoxy groups -OCH3 is 1. The summed E-state index contributed by atoms with van der Waals surface area (Å²) in [5, 5.41) is 3.81. The van der Waals surface area contributed by atoms with Crippen molar-refractivity contribution in [2.24, 2.45) is 11.1 Å². The maximum Gasteiger partial charge on any atom is 0.573 e. The van der Waals surface area contributed by atoms with Gasteiger partial charge in [-0.3, -0.25) is 0 Å². The lowest BCUT2D eigenvalue weighted by molar-refractivity contribution is -0.274. The number of hydrogen-bond donors (Lipinski definition) is 0. The van der Waals surface area contributed by atoms with Crippen LogP contribution in [-0.2, 0) is 9.57 Å². The molecule has 120 valence electrons. The molecule has 4 nitrogen and oxygen atoms in total. The summed E-state index contributed by atoms with van der Waals surface area (Å²) in [7, 11) is 1.51.